The summed E-state index contributed by atoms with van der Waals surface area (Å²) in [5.41, 5.74) is 16.5. The maximum Gasteiger partial charge on any atom is 0.244 e. The number of carbonyl (C=O) groups excluding carboxylic acids is 1. The second-order valence-corrected chi connectivity index (χ2v) is 2.81. The molecule has 70 valence electrons. The molecule has 1 amide bonds. The van der Waals surface area contributed by atoms with Crippen LogP contribution in [-0.4, -0.2) is 18.5 Å². The van der Waals surface area contributed by atoms with Gasteiger partial charge < -0.3 is 17.2 Å². The molecule has 0 spiro atoms. The summed E-state index contributed by atoms with van der Waals surface area (Å²) in [6, 6.07) is -0.110. The molecule has 4 nitrogen and oxygen atoms in total. The molecule has 0 aromatic carbocycles. The summed E-state index contributed by atoms with van der Waals surface area (Å²) in [6.45, 7) is 2.28. The molecule has 0 aliphatic rings. The van der Waals surface area contributed by atoms with Gasteiger partial charge in [0.1, 0.15) is 0 Å². The molecule has 1 atom stereocenters. The Morgan fingerprint density at radius 1 is 1.58 bits per heavy atom. The first kappa shape index (κ1) is 11.1. The molecular formula is C8H17N3O. The maximum absolute atomic E-state index is 10.6. The molecule has 0 aliphatic carbocycles. The molecule has 12 heavy (non-hydrogen) atoms. The van der Waals surface area contributed by atoms with Crippen molar-refractivity contribution >= 4 is 5.91 Å². The average Bonchev–Trinajstić information content (AvgIpc) is 2.00. The van der Waals surface area contributed by atoms with Gasteiger partial charge in [-0.05, 0) is 26.3 Å². The summed E-state index contributed by atoms with van der Waals surface area (Å²) in [7, 11) is 0. The number of rotatable bonds is 5. The summed E-state index contributed by atoms with van der Waals surface area (Å²) in [6.07, 6.45) is 3.34. The van der Waals surface area contributed by atoms with Crippen molar-refractivity contribution in [1.82, 2.24) is 0 Å². The van der Waals surface area contributed by atoms with Crippen molar-refractivity contribution in [2.24, 2.45) is 17.2 Å². The third-order valence-electron chi connectivity index (χ3n) is 1.59. The van der Waals surface area contributed by atoms with Gasteiger partial charge in [-0.15, -0.1) is 0 Å². The van der Waals surface area contributed by atoms with Crippen molar-refractivity contribution in [3.05, 3.63) is 11.6 Å². The van der Waals surface area contributed by atoms with E-state index in [2.05, 4.69) is 0 Å². The zero-order chi connectivity index (χ0) is 9.56. The quantitative estimate of drug-likeness (QED) is 0.486. The summed E-state index contributed by atoms with van der Waals surface area (Å²) in [5.74, 6) is -0.418. The van der Waals surface area contributed by atoms with Crippen LogP contribution in [0.1, 0.15) is 19.8 Å². The second-order valence-electron chi connectivity index (χ2n) is 2.81. The van der Waals surface area contributed by atoms with Gasteiger partial charge in [0, 0.05) is 11.6 Å². The summed E-state index contributed by atoms with van der Waals surface area (Å²) in [4.78, 5) is 10.6. The number of nitrogens with two attached hydrogens (primary N) is 3. The van der Waals surface area contributed by atoms with Crippen LogP contribution in [0.4, 0.5) is 0 Å². The van der Waals surface area contributed by atoms with Crippen LogP contribution in [0.5, 0.6) is 0 Å². The number of hydrogen-bond donors (Lipinski definition) is 3. The van der Waals surface area contributed by atoms with E-state index < -0.39 is 5.91 Å². The number of amides is 1. The molecule has 6 N–H and O–H groups in total. The van der Waals surface area contributed by atoms with Gasteiger partial charge >= 0.3 is 0 Å². The zero-order valence-corrected chi connectivity index (χ0v) is 7.42. The van der Waals surface area contributed by atoms with E-state index in [1.807, 2.05) is 0 Å². The first-order valence-electron chi connectivity index (χ1n) is 4.01. The van der Waals surface area contributed by atoms with Crippen molar-refractivity contribution < 1.29 is 4.79 Å². The predicted molar refractivity (Wildman–Crippen MR) is 49.2 cm³/mol. The Balaban J connectivity index is 3.87. The highest BCUT2D eigenvalue weighted by Crippen LogP contribution is 1.99. The van der Waals surface area contributed by atoms with Crippen LogP contribution >= 0.6 is 0 Å². The first-order chi connectivity index (χ1) is 5.57. The molecule has 0 aromatic heterocycles. The van der Waals surface area contributed by atoms with Gasteiger partial charge in [-0.25, -0.2) is 0 Å². The smallest absolute Gasteiger partial charge is 0.244 e. The first-order valence-corrected chi connectivity index (χ1v) is 4.01. The lowest BCUT2D eigenvalue weighted by Gasteiger charge is -2.05. The zero-order valence-electron chi connectivity index (χ0n) is 7.42. The molecule has 0 saturated carbocycles. The summed E-state index contributed by atoms with van der Waals surface area (Å²) >= 11 is 0. The lowest BCUT2D eigenvalue weighted by atomic mass is 10.1. The molecule has 0 rings (SSSR count). The van der Waals surface area contributed by atoms with Gasteiger partial charge in [0.15, 0.2) is 0 Å². The predicted octanol–water partition coefficient (Wildman–Crippen LogP) is -0.516. The number of carbonyl (C=O) groups is 1. The van der Waals surface area contributed by atoms with Gasteiger partial charge in [0.2, 0.25) is 5.91 Å². The fourth-order valence-electron chi connectivity index (χ4n) is 0.840. The van der Waals surface area contributed by atoms with Gasteiger partial charge in [-0.2, -0.15) is 0 Å². The maximum atomic E-state index is 10.6. The van der Waals surface area contributed by atoms with Crippen molar-refractivity contribution in [1.29, 1.82) is 0 Å². The summed E-state index contributed by atoms with van der Waals surface area (Å²) in [5, 5.41) is 0. The van der Waals surface area contributed by atoms with E-state index in [4.69, 9.17) is 17.2 Å². The van der Waals surface area contributed by atoms with Gasteiger partial charge in [0.05, 0.1) is 0 Å². The largest absolute Gasteiger partial charge is 0.366 e. The SMILES string of the molecule is C/C(=C/C(N)CCCN)C(N)=O. The molecule has 0 fully saturated rings. The highest BCUT2D eigenvalue weighted by Gasteiger charge is 2.01. The number of hydrogen-bond acceptors (Lipinski definition) is 3. The monoisotopic (exact) mass is 171 g/mol. The molecule has 1 unspecified atom stereocenters. The Bertz CT molecular complexity index is 177. The van der Waals surface area contributed by atoms with Gasteiger partial charge in [0.25, 0.3) is 0 Å². The van der Waals surface area contributed by atoms with Crippen LogP contribution < -0.4 is 17.2 Å². The van der Waals surface area contributed by atoms with Crippen molar-refractivity contribution in [3.63, 3.8) is 0 Å². The normalized spacial score (nSPS) is 14.4. The lowest BCUT2D eigenvalue weighted by molar-refractivity contribution is -0.114. The van der Waals surface area contributed by atoms with E-state index >= 15 is 0 Å². The highest BCUT2D eigenvalue weighted by atomic mass is 16.1. The highest BCUT2D eigenvalue weighted by molar-refractivity contribution is 5.91. The second kappa shape index (κ2) is 5.74. The van der Waals surface area contributed by atoms with Crippen molar-refractivity contribution in [2.75, 3.05) is 6.54 Å². The van der Waals surface area contributed by atoms with Gasteiger partial charge in [-0.3, -0.25) is 4.79 Å². The Hall–Kier alpha value is -0.870. The van der Waals surface area contributed by atoms with Crippen LogP contribution in [0.15, 0.2) is 11.6 Å². The minimum absolute atomic E-state index is 0.110. The minimum atomic E-state index is -0.418. The molecule has 0 heterocycles. The number of primary amides is 1. The lowest BCUT2D eigenvalue weighted by Crippen LogP contribution is -2.21. The average molecular weight is 171 g/mol. The molecular weight excluding hydrogens is 154 g/mol. The Morgan fingerprint density at radius 2 is 2.17 bits per heavy atom. The van der Waals surface area contributed by atoms with E-state index in [1.165, 1.54) is 0 Å². The van der Waals surface area contributed by atoms with E-state index in [9.17, 15) is 4.79 Å². The molecule has 4 heteroatoms. The van der Waals surface area contributed by atoms with E-state index in [-0.39, 0.29) is 6.04 Å². The molecule has 0 aliphatic heterocycles. The van der Waals surface area contributed by atoms with Crippen molar-refractivity contribution in [3.8, 4) is 0 Å². The molecule has 0 aromatic rings. The van der Waals surface area contributed by atoms with Crippen LogP contribution in [0, 0.1) is 0 Å². The Kier molecular flexibility index (Phi) is 5.32. The van der Waals surface area contributed by atoms with Crippen LogP contribution in [-0.2, 0) is 4.79 Å². The van der Waals surface area contributed by atoms with E-state index in [0.29, 0.717) is 12.1 Å². The molecule has 0 bridgehead atoms. The fourth-order valence-corrected chi connectivity index (χ4v) is 0.840. The topological polar surface area (TPSA) is 95.1 Å². The van der Waals surface area contributed by atoms with E-state index in [0.717, 1.165) is 12.8 Å². The van der Waals surface area contributed by atoms with Crippen LogP contribution in [0.2, 0.25) is 0 Å². The minimum Gasteiger partial charge on any atom is -0.366 e. The van der Waals surface area contributed by atoms with Gasteiger partial charge in [-0.1, -0.05) is 6.08 Å². The third-order valence-corrected chi connectivity index (χ3v) is 1.59. The van der Waals surface area contributed by atoms with Crippen LogP contribution in [0.3, 0.4) is 0 Å². The van der Waals surface area contributed by atoms with Crippen LogP contribution in [0.25, 0.3) is 0 Å². The Morgan fingerprint density at radius 3 is 2.58 bits per heavy atom. The fraction of sp³-hybridized carbons (Fsp3) is 0.625. The molecule has 0 radical (unpaired) electrons. The Labute approximate surface area is 72.8 Å². The third kappa shape index (κ3) is 4.87. The van der Waals surface area contributed by atoms with Crippen molar-refractivity contribution in [2.45, 2.75) is 25.8 Å². The summed E-state index contributed by atoms with van der Waals surface area (Å²) < 4.78 is 0. The molecule has 0 saturated heterocycles. The standard InChI is InChI=1S/C8H17N3O/c1-6(8(11)12)5-7(10)3-2-4-9/h5,7H,2-4,9-10H2,1H3,(H2,11,12)/b6-5-. The van der Waals surface area contributed by atoms with E-state index in [1.54, 1.807) is 13.0 Å².